The first kappa shape index (κ1) is 15.7. The number of hydrogen-bond acceptors (Lipinski definition) is 3. The number of carbonyl (C=O) groups is 1. The maximum atomic E-state index is 11.2. The highest BCUT2D eigenvalue weighted by Gasteiger charge is 2.14. The molecule has 3 nitrogen and oxygen atoms in total. The molecule has 2 rings (SSSR count). The van der Waals surface area contributed by atoms with Crippen LogP contribution in [0.25, 0.3) is 6.08 Å². The topological polar surface area (TPSA) is 52.3 Å². The molecule has 1 aliphatic rings. The van der Waals surface area contributed by atoms with Crippen molar-refractivity contribution >= 4 is 24.5 Å². The highest BCUT2D eigenvalue weighted by Crippen LogP contribution is 2.22. The monoisotopic (exact) mass is 281 g/mol. The zero-order valence-electron chi connectivity index (χ0n) is 11.1. The molecular weight excluding hydrogens is 262 g/mol. The fourth-order valence-corrected chi connectivity index (χ4v) is 2.26. The highest BCUT2D eigenvalue weighted by molar-refractivity contribution is 5.87. The summed E-state index contributed by atoms with van der Waals surface area (Å²) in [5.74, 6) is -0.299. The summed E-state index contributed by atoms with van der Waals surface area (Å²) in [5, 5.41) is 0. The molecule has 0 fully saturated rings. The molecule has 0 spiro atoms. The molecule has 0 aliphatic heterocycles. The number of nitrogens with two attached hydrogens (primary N) is 1. The molecule has 104 valence electrons. The summed E-state index contributed by atoms with van der Waals surface area (Å²) in [5.41, 5.74) is 9.68. The van der Waals surface area contributed by atoms with E-state index in [9.17, 15) is 4.79 Å². The average Bonchev–Trinajstić information content (AvgIpc) is 2.36. The number of benzene rings is 1. The van der Waals surface area contributed by atoms with E-state index >= 15 is 0 Å². The lowest BCUT2D eigenvalue weighted by Gasteiger charge is -2.21. The molecule has 0 aromatic heterocycles. The Morgan fingerprint density at radius 1 is 1.47 bits per heavy atom. The fourth-order valence-electron chi connectivity index (χ4n) is 2.26. The molecule has 1 aromatic carbocycles. The minimum Gasteiger partial charge on any atom is -0.463 e. The van der Waals surface area contributed by atoms with E-state index in [4.69, 9.17) is 10.5 Å². The van der Waals surface area contributed by atoms with Crippen LogP contribution in [0.15, 0.2) is 24.3 Å². The lowest BCUT2D eigenvalue weighted by Crippen LogP contribution is -2.27. The number of halogens is 1. The summed E-state index contributed by atoms with van der Waals surface area (Å²) in [6.45, 7) is 2.20. The van der Waals surface area contributed by atoms with Crippen molar-refractivity contribution in [3.8, 4) is 0 Å². The van der Waals surface area contributed by atoms with Gasteiger partial charge >= 0.3 is 5.97 Å². The third kappa shape index (κ3) is 4.37. The van der Waals surface area contributed by atoms with Gasteiger partial charge in [-0.2, -0.15) is 0 Å². The largest absolute Gasteiger partial charge is 0.463 e. The first-order valence-corrected chi connectivity index (χ1v) is 6.41. The predicted octanol–water partition coefficient (Wildman–Crippen LogP) is 2.50. The van der Waals surface area contributed by atoms with Gasteiger partial charge in [-0.05, 0) is 49.0 Å². The van der Waals surface area contributed by atoms with Crippen LogP contribution < -0.4 is 5.73 Å². The number of carbonyl (C=O) groups excluding carboxylic acids is 1. The van der Waals surface area contributed by atoms with Crippen LogP contribution in [0.2, 0.25) is 0 Å². The molecule has 0 unspecified atom stereocenters. The summed E-state index contributed by atoms with van der Waals surface area (Å²) in [6.07, 6.45) is 6.30. The van der Waals surface area contributed by atoms with Crippen molar-refractivity contribution in [3.05, 3.63) is 41.0 Å². The second-order valence-corrected chi connectivity index (χ2v) is 4.62. The maximum Gasteiger partial charge on any atom is 0.330 e. The van der Waals surface area contributed by atoms with Crippen molar-refractivity contribution in [1.82, 2.24) is 0 Å². The molecule has 1 atom stereocenters. The Labute approximate surface area is 120 Å². The zero-order valence-corrected chi connectivity index (χ0v) is 11.9. The summed E-state index contributed by atoms with van der Waals surface area (Å²) < 4.78 is 4.85. The molecule has 0 amide bonds. The van der Waals surface area contributed by atoms with Crippen LogP contribution in [0, 0.1) is 0 Å². The number of ether oxygens (including phenoxy) is 1. The number of esters is 1. The molecule has 1 aromatic rings. The number of fused-ring (bicyclic) bond motifs is 1. The van der Waals surface area contributed by atoms with E-state index in [0.29, 0.717) is 6.61 Å². The molecule has 0 heterocycles. The maximum absolute atomic E-state index is 11.2. The SMILES string of the molecule is CCOC(=O)C=Cc1ccc2c(c1)C[C@H](N)CC2.Cl. The average molecular weight is 282 g/mol. The van der Waals surface area contributed by atoms with E-state index in [0.717, 1.165) is 24.8 Å². The first-order chi connectivity index (χ1) is 8.69. The van der Waals surface area contributed by atoms with Gasteiger partial charge in [-0.1, -0.05) is 18.2 Å². The van der Waals surface area contributed by atoms with Crippen molar-refractivity contribution in [1.29, 1.82) is 0 Å². The van der Waals surface area contributed by atoms with Gasteiger partial charge in [-0.15, -0.1) is 12.4 Å². The van der Waals surface area contributed by atoms with Gasteiger partial charge in [0.05, 0.1) is 6.61 Å². The predicted molar refractivity (Wildman–Crippen MR) is 79.4 cm³/mol. The molecule has 1 aliphatic carbocycles. The molecule has 2 N–H and O–H groups in total. The Kier molecular flexibility index (Phi) is 6.06. The Morgan fingerprint density at radius 3 is 3.00 bits per heavy atom. The van der Waals surface area contributed by atoms with Crippen molar-refractivity contribution in [2.75, 3.05) is 6.61 Å². The fraction of sp³-hybridized carbons (Fsp3) is 0.400. The molecule has 4 heteroatoms. The first-order valence-electron chi connectivity index (χ1n) is 6.41. The van der Waals surface area contributed by atoms with Crippen LogP contribution in [0.4, 0.5) is 0 Å². The van der Waals surface area contributed by atoms with Gasteiger partial charge < -0.3 is 10.5 Å². The number of rotatable bonds is 3. The third-order valence-corrected chi connectivity index (χ3v) is 3.20. The Morgan fingerprint density at radius 2 is 2.26 bits per heavy atom. The minimum atomic E-state index is -0.299. The van der Waals surface area contributed by atoms with Crippen LogP contribution in [0.3, 0.4) is 0 Å². The van der Waals surface area contributed by atoms with E-state index in [1.54, 1.807) is 13.0 Å². The minimum absolute atomic E-state index is 0. The van der Waals surface area contributed by atoms with Gasteiger partial charge in [-0.25, -0.2) is 4.79 Å². The second kappa shape index (κ2) is 7.31. The summed E-state index contributed by atoms with van der Waals surface area (Å²) in [7, 11) is 0. The van der Waals surface area contributed by atoms with E-state index in [2.05, 4.69) is 12.1 Å². The number of hydrogen-bond donors (Lipinski definition) is 1. The van der Waals surface area contributed by atoms with Crippen molar-refractivity contribution < 1.29 is 9.53 Å². The van der Waals surface area contributed by atoms with E-state index < -0.39 is 0 Å². The van der Waals surface area contributed by atoms with Crippen molar-refractivity contribution in [2.24, 2.45) is 5.73 Å². The zero-order chi connectivity index (χ0) is 13.0. The van der Waals surface area contributed by atoms with Gasteiger partial charge in [0.25, 0.3) is 0 Å². The van der Waals surface area contributed by atoms with E-state index in [-0.39, 0.29) is 24.4 Å². The molecular formula is C15H20ClNO2. The standard InChI is InChI=1S/C15H19NO2.ClH/c1-2-18-15(17)8-4-11-3-5-12-6-7-14(16)10-13(12)9-11;/h3-5,8-9,14H,2,6-7,10,16H2,1H3;1H/t14-;/m1./s1. The van der Waals surface area contributed by atoms with Crippen LogP contribution in [0.1, 0.15) is 30.0 Å². The van der Waals surface area contributed by atoms with Gasteiger partial charge in [0.1, 0.15) is 0 Å². The van der Waals surface area contributed by atoms with Crippen LogP contribution in [-0.4, -0.2) is 18.6 Å². The molecule has 0 saturated carbocycles. The van der Waals surface area contributed by atoms with Crippen molar-refractivity contribution in [3.63, 3.8) is 0 Å². The number of aryl methyl sites for hydroxylation is 1. The molecule has 0 saturated heterocycles. The summed E-state index contributed by atoms with van der Waals surface area (Å²) >= 11 is 0. The van der Waals surface area contributed by atoms with Crippen LogP contribution >= 0.6 is 12.4 Å². The molecule has 0 bridgehead atoms. The van der Waals surface area contributed by atoms with E-state index in [1.807, 2.05) is 6.07 Å². The van der Waals surface area contributed by atoms with Crippen LogP contribution in [0.5, 0.6) is 0 Å². The van der Waals surface area contributed by atoms with Gasteiger partial charge in [0.2, 0.25) is 0 Å². The Balaban J connectivity index is 0.00000180. The van der Waals surface area contributed by atoms with Gasteiger partial charge in [0.15, 0.2) is 0 Å². The van der Waals surface area contributed by atoms with Gasteiger partial charge in [-0.3, -0.25) is 0 Å². The third-order valence-electron chi connectivity index (χ3n) is 3.20. The normalized spacial score (nSPS) is 17.7. The Bertz CT molecular complexity index is 471. The summed E-state index contributed by atoms with van der Waals surface area (Å²) in [6, 6.07) is 6.54. The molecule has 0 radical (unpaired) electrons. The lowest BCUT2D eigenvalue weighted by molar-refractivity contribution is -0.137. The lowest BCUT2D eigenvalue weighted by atomic mass is 9.87. The van der Waals surface area contributed by atoms with Crippen molar-refractivity contribution in [2.45, 2.75) is 32.2 Å². The Hall–Kier alpha value is -1.32. The van der Waals surface area contributed by atoms with E-state index in [1.165, 1.54) is 17.2 Å². The quantitative estimate of drug-likeness (QED) is 0.684. The molecule has 19 heavy (non-hydrogen) atoms. The van der Waals surface area contributed by atoms with Gasteiger partial charge in [0, 0.05) is 12.1 Å². The smallest absolute Gasteiger partial charge is 0.330 e. The summed E-state index contributed by atoms with van der Waals surface area (Å²) in [4.78, 5) is 11.2. The highest BCUT2D eigenvalue weighted by atomic mass is 35.5. The van der Waals surface area contributed by atoms with Crippen LogP contribution in [-0.2, 0) is 22.4 Å². The second-order valence-electron chi connectivity index (χ2n) is 4.62.